The van der Waals surface area contributed by atoms with Gasteiger partial charge in [0, 0.05) is 32.1 Å². The highest BCUT2D eigenvalue weighted by atomic mass is 16.2. The Kier molecular flexibility index (Phi) is 5.83. The first-order valence-electron chi connectivity index (χ1n) is 7.98. The quantitative estimate of drug-likeness (QED) is 0.764. The maximum atomic E-state index is 12.3. The van der Waals surface area contributed by atoms with Gasteiger partial charge in [0.05, 0.1) is 6.04 Å². The molecule has 0 radical (unpaired) electrons. The van der Waals surface area contributed by atoms with E-state index in [2.05, 4.69) is 10.6 Å². The Bertz CT molecular complexity index is 334. The summed E-state index contributed by atoms with van der Waals surface area (Å²) in [7, 11) is 0. The molecular weight excluding hydrogens is 254 g/mol. The first-order chi connectivity index (χ1) is 9.66. The van der Waals surface area contributed by atoms with Gasteiger partial charge in [0.2, 0.25) is 11.8 Å². The van der Waals surface area contributed by atoms with Crippen LogP contribution in [0.1, 0.15) is 51.9 Å². The lowest BCUT2D eigenvalue weighted by molar-refractivity contribution is -0.133. The number of carbonyl (C=O) groups is 2. The van der Waals surface area contributed by atoms with Gasteiger partial charge >= 0.3 is 0 Å². The van der Waals surface area contributed by atoms with Gasteiger partial charge in [-0.1, -0.05) is 12.8 Å². The van der Waals surface area contributed by atoms with Crippen LogP contribution < -0.4 is 10.6 Å². The molecule has 5 nitrogen and oxygen atoms in total. The van der Waals surface area contributed by atoms with Crippen LogP contribution in [0.3, 0.4) is 0 Å². The maximum Gasteiger partial charge on any atom is 0.239 e. The third-order valence-corrected chi connectivity index (χ3v) is 4.03. The Morgan fingerprint density at radius 2 is 1.80 bits per heavy atom. The summed E-state index contributed by atoms with van der Waals surface area (Å²) in [4.78, 5) is 25.8. The van der Waals surface area contributed by atoms with Gasteiger partial charge < -0.3 is 15.5 Å². The predicted octanol–water partition coefficient (Wildman–Crippen LogP) is 1.04. The number of carbonyl (C=O) groups excluding carboxylic acids is 2. The summed E-state index contributed by atoms with van der Waals surface area (Å²) in [5, 5.41) is 6.13. The molecule has 1 saturated carbocycles. The second-order valence-corrected chi connectivity index (χ2v) is 6.01. The van der Waals surface area contributed by atoms with E-state index in [1.54, 1.807) is 0 Å². The minimum Gasteiger partial charge on any atom is -0.353 e. The van der Waals surface area contributed by atoms with Crippen molar-refractivity contribution in [1.82, 2.24) is 15.5 Å². The van der Waals surface area contributed by atoms with Crippen molar-refractivity contribution in [3.8, 4) is 0 Å². The van der Waals surface area contributed by atoms with E-state index >= 15 is 0 Å². The second-order valence-electron chi connectivity index (χ2n) is 6.01. The number of likely N-dealkylation sites (tertiary alicyclic amines) is 1. The summed E-state index contributed by atoms with van der Waals surface area (Å²) in [6, 6.07) is 0.223. The number of nitrogens with one attached hydrogen (secondary N) is 2. The molecule has 0 aromatic heterocycles. The number of nitrogens with zero attached hydrogens (tertiary/aromatic N) is 1. The van der Waals surface area contributed by atoms with Crippen LogP contribution in [0, 0.1) is 0 Å². The first-order valence-corrected chi connectivity index (χ1v) is 7.98. The summed E-state index contributed by atoms with van der Waals surface area (Å²) in [6.45, 7) is 4.23. The highest BCUT2D eigenvalue weighted by Crippen LogP contribution is 2.18. The molecule has 0 bridgehead atoms. The van der Waals surface area contributed by atoms with Gasteiger partial charge in [-0.05, 0) is 32.6 Å². The summed E-state index contributed by atoms with van der Waals surface area (Å²) in [6.07, 6.45) is 7.37. The topological polar surface area (TPSA) is 61.4 Å². The fraction of sp³-hybridized carbons (Fsp3) is 0.867. The normalized spacial score (nSPS) is 21.1. The Morgan fingerprint density at radius 1 is 1.15 bits per heavy atom. The molecule has 1 atom stereocenters. The zero-order valence-electron chi connectivity index (χ0n) is 12.5. The molecule has 0 aromatic rings. The van der Waals surface area contributed by atoms with E-state index in [0.29, 0.717) is 19.0 Å². The highest BCUT2D eigenvalue weighted by molar-refractivity contribution is 5.81. The molecule has 1 unspecified atom stereocenters. The Morgan fingerprint density at radius 3 is 2.40 bits per heavy atom. The maximum absolute atomic E-state index is 12.3. The lowest BCUT2D eigenvalue weighted by Gasteiger charge is -2.24. The van der Waals surface area contributed by atoms with Gasteiger partial charge in [-0.15, -0.1) is 0 Å². The fourth-order valence-corrected chi connectivity index (χ4v) is 2.58. The number of hydrogen-bond donors (Lipinski definition) is 2. The Labute approximate surface area is 121 Å². The summed E-state index contributed by atoms with van der Waals surface area (Å²) in [5.41, 5.74) is 0. The van der Waals surface area contributed by atoms with E-state index in [0.717, 1.165) is 38.8 Å². The van der Waals surface area contributed by atoms with Crippen LogP contribution in [0.4, 0.5) is 0 Å². The fourth-order valence-electron chi connectivity index (χ4n) is 2.58. The van der Waals surface area contributed by atoms with Crippen LogP contribution in [0.25, 0.3) is 0 Å². The molecule has 2 fully saturated rings. The first kappa shape index (κ1) is 15.3. The molecule has 5 heteroatoms. The van der Waals surface area contributed by atoms with E-state index in [9.17, 15) is 9.59 Å². The lowest BCUT2D eigenvalue weighted by Crippen LogP contribution is -2.46. The van der Waals surface area contributed by atoms with E-state index in [1.165, 1.54) is 12.8 Å². The summed E-state index contributed by atoms with van der Waals surface area (Å²) in [5.74, 6) is 0.268. The van der Waals surface area contributed by atoms with E-state index in [4.69, 9.17) is 0 Å². The SMILES string of the molecule is CC(NCCC(=O)NC1CC1)C(=O)N1CCCCCC1. The Hall–Kier alpha value is -1.10. The molecule has 114 valence electrons. The minimum atomic E-state index is -0.193. The van der Waals surface area contributed by atoms with Crippen molar-refractivity contribution < 1.29 is 9.59 Å². The third kappa shape index (κ3) is 5.12. The molecule has 2 rings (SSSR count). The molecule has 2 aliphatic rings. The molecular formula is C15H27N3O2. The van der Waals surface area contributed by atoms with Crippen LogP contribution in [-0.4, -0.2) is 48.4 Å². The van der Waals surface area contributed by atoms with Crippen LogP contribution in [-0.2, 0) is 9.59 Å². The van der Waals surface area contributed by atoms with Crippen molar-refractivity contribution in [1.29, 1.82) is 0 Å². The van der Waals surface area contributed by atoms with Crippen molar-refractivity contribution in [3.05, 3.63) is 0 Å². The van der Waals surface area contributed by atoms with Crippen molar-refractivity contribution >= 4 is 11.8 Å². The zero-order chi connectivity index (χ0) is 14.4. The zero-order valence-corrected chi connectivity index (χ0v) is 12.5. The van der Waals surface area contributed by atoms with Crippen molar-refractivity contribution in [2.24, 2.45) is 0 Å². The largest absolute Gasteiger partial charge is 0.353 e. The van der Waals surface area contributed by atoms with Gasteiger partial charge in [0.15, 0.2) is 0 Å². The smallest absolute Gasteiger partial charge is 0.239 e. The lowest BCUT2D eigenvalue weighted by atomic mass is 10.2. The van der Waals surface area contributed by atoms with Gasteiger partial charge in [0.25, 0.3) is 0 Å². The van der Waals surface area contributed by atoms with Gasteiger partial charge in [-0.2, -0.15) is 0 Å². The molecule has 2 amide bonds. The average Bonchev–Trinajstić information content (AvgIpc) is 3.23. The van der Waals surface area contributed by atoms with Crippen LogP contribution in [0.15, 0.2) is 0 Å². The summed E-state index contributed by atoms with van der Waals surface area (Å²) < 4.78 is 0. The van der Waals surface area contributed by atoms with Crippen molar-refractivity contribution in [3.63, 3.8) is 0 Å². The molecule has 1 heterocycles. The number of amides is 2. The Balaban J connectivity index is 1.63. The molecule has 1 aliphatic heterocycles. The van der Waals surface area contributed by atoms with Gasteiger partial charge in [0.1, 0.15) is 0 Å². The molecule has 1 saturated heterocycles. The predicted molar refractivity (Wildman–Crippen MR) is 78.3 cm³/mol. The molecule has 1 aliphatic carbocycles. The van der Waals surface area contributed by atoms with E-state index in [-0.39, 0.29) is 17.9 Å². The van der Waals surface area contributed by atoms with Crippen molar-refractivity contribution in [2.45, 2.75) is 64.0 Å². The second kappa shape index (κ2) is 7.62. The highest BCUT2D eigenvalue weighted by Gasteiger charge is 2.24. The van der Waals surface area contributed by atoms with Crippen LogP contribution in [0.2, 0.25) is 0 Å². The van der Waals surface area contributed by atoms with Crippen molar-refractivity contribution in [2.75, 3.05) is 19.6 Å². The van der Waals surface area contributed by atoms with Gasteiger partial charge in [-0.25, -0.2) is 0 Å². The van der Waals surface area contributed by atoms with Gasteiger partial charge in [-0.3, -0.25) is 9.59 Å². The molecule has 2 N–H and O–H groups in total. The third-order valence-electron chi connectivity index (χ3n) is 4.03. The summed E-state index contributed by atoms with van der Waals surface area (Å²) >= 11 is 0. The van der Waals surface area contributed by atoms with Crippen LogP contribution >= 0.6 is 0 Å². The monoisotopic (exact) mass is 281 g/mol. The molecule has 0 spiro atoms. The minimum absolute atomic E-state index is 0.0921. The number of hydrogen-bond acceptors (Lipinski definition) is 3. The standard InChI is InChI=1S/C15H27N3O2/c1-12(15(20)18-10-4-2-3-5-11-18)16-9-8-14(19)17-13-6-7-13/h12-13,16H,2-11H2,1H3,(H,17,19). The van der Waals surface area contributed by atoms with E-state index < -0.39 is 0 Å². The average molecular weight is 281 g/mol. The molecule has 20 heavy (non-hydrogen) atoms. The number of rotatable bonds is 6. The van der Waals surface area contributed by atoms with Crippen LogP contribution in [0.5, 0.6) is 0 Å². The molecule has 0 aromatic carbocycles. The van der Waals surface area contributed by atoms with E-state index in [1.807, 2.05) is 11.8 Å².